The molecular formula is C27H28O4. The Balaban J connectivity index is 1.63. The molecule has 4 nitrogen and oxygen atoms in total. The summed E-state index contributed by atoms with van der Waals surface area (Å²) in [6.45, 7) is 5.31. The van der Waals surface area contributed by atoms with E-state index < -0.39 is 11.6 Å². The van der Waals surface area contributed by atoms with Crippen molar-refractivity contribution in [3.05, 3.63) is 96.3 Å². The van der Waals surface area contributed by atoms with Gasteiger partial charge in [-0.05, 0) is 67.3 Å². The molecule has 1 unspecified atom stereocenters. The van der Waals surface area contributed by atoms with Gasteiger partial charge in [-0.25, -0.2) is 4.79 Å². The van der Waals surface area contributed by atoms with Crippen LogP contribution in [-0.2, 0) is 11.2 Å². The molecule has 0 saturated heterocycles. The second-order valence-corrected chi connectivity index (χ2v) is 7.56. The molecule has 0 fully saturated rings. The van der Waals surface area contributed by atoms with Gasteiger partial charge in [0.1, 0.15) is 17.3 Å². The fourth-order valence-corrected chi connectivity index (χ4v) is 3.10. The SMILES string of the molecule is CC=C(Cc1ccc(-c2ccccc2)cc1)Oc1ccc(OC(C)(CC)C(=O)O)cc1. The first kappa shape index (κ1) is 22.2. The molecule has 0 bridgehead atoms. The van der Waals surface area contributed by atoms with Gasteiger partial charge in [-0.15, -0.1) is 0 Å². The number of aliphatic carboxylic acids is 1. The normalized spacial score (nSPS) is 13.3. The number of benzene rings is 3. The van der Waals surface area contributed by atoms with Crippen molar-refractivity contribution in [1.82, 2.24) is 0 Å². The zero-order valence-corrected chi connectivity index (χ0v) is 18.2. The molecule has 0 aliphatic heterocycles. The van der Waals surface area contributed by atoms with Gasteiger partial charge in [-0.1, -0.05) is 61.5 Å². The third-order valence-corrected chi connectivity index (χ3v) is 5.30. The molecule has 3 aromatic carbocycles. The van der Waals surface area contributed by atoms with Gasteiger partial charge >= 0.3 is 5.97 Å². The van der Waals surface area contributed by atoms with E-state index in [1.165, 1.54) is 11.1 Å². The first-order chi connectivity index (χ1) is 14.9. The maximum atomic E-state index is 11.4. The Bertz CT molecular complexity index is 1020. The van der Waals surface area contributed by atoms with Gasteiger partial charge < -0.3 is 14.6 Å². The summed E-state index contributed by atoms with van der Waals surface area (Å²) in [5, 5.41) is 9.36. The Labute approximate surface area is 183 Å². The van der Waals surface area contributed by atoms with Gasteiger partial charge in [0, 0.05) is 6.42 Å². The zero-order chi connectivity index (χ0) is 22.3. The number of ether oxygens (including phenoxy) is 2. The summed E-state index contributed by atoms with van der Waals surface area (Å²) in [5.41, 5.74) is 2.29. The van der Waals surface area contributed by atoms with Crippen molar-refractivity contribution in [2.45, 2.75) is 39.2 Å². The molecule has 0 spiro atoms. The highest BCUT2D eigenvalue weighted by atomic mass is 16.5. The molecule has 31 heavy (non-hydrogen) atoms. The molecule has 0 aliphatic carbocycles. The van der Waals surface area contributed by atoms with Crippen LogP contribution in [0.5, 0.6) is 11.5 Å². The lowest BCUT2D eigenvalue weighted by Crippen LogP contribution is -2.40. The third-order valence-electron chi connectivity index (χ3n) is 5.30. The number of rotatable bonds is 9. The van der Waals surface area contributed by atoms with Gasteiger partial charge in [0.05, 0.1) is 0 Å². The summed E-state index contributed by atoms with van der Waals surface area (Å²) in [4.78, 5) is 11.4. The summed E-state index contributed by atoms with van der Waals surface area (Å²) >= 11 is 0. The third kappa shape index (κ3) is 5.76. The first-order valence-corrected chi connectivity index (χ1v) is 10.4. The van der Waals surface area contributed by atoms with Crippen molar-refractivity contribution >= 4 is 5.97 Å². The van der Waals surface area contributed by atoms with Crippen molar-refractivity contribution in [2.75, 3.05) is 0 Å². The van der Waals surface area contributed by atoms with Crippen LogP contribution in [-0.4, -0.2) is 16.7 Å². The predicted molar refractivity (Wildman–Crippen MR) is 123 cm³/mol. The van der Waals surface area contributed by atoms with E-state index in [-0.39, 0.29) is 0 Å². The molecule has 160 valence electrons. The maximum Gasteiger partial charge on any atom is 0.347 e. The first-order valence-electron chi connectivity index (χ1n) is 10.4. The second kappa shape index (κ2) is 9.98. The number of carbonyl (C=O) groups is 1. The topological polar surface area (TPSA) is 55.8 Å². The van der Waals surface area contributed by atoms with Crippen molar-refractivity contribution in [3.8, 4) is 22.6 Å². The number of hydrogen-bond donors (Lipinski definition) is 1. The van der Waals surface area contributed by atoms with E-state index >= 15 is 0 Å². The van der Waals surface area contributed by atoms with E-state index in [1.807, 2.05) is 31.2 Å². The highest BCUT2D eigenvalue weighted by Crippen LogP contribution is 2.26. The smallest absolute Gasteiger partial charge is 0.347 e. The quantitative estimate of drug-likeness (QED) is 0.404. The van der Waals surface area contributed by atoms with Crippen molar-refractivity contribution in [2.24, 2.45) is 0 Å². The molecule has 1 N–H and O–H groups in total. The molecule has 0 radical (unpaired) electrons. The molecule has 0 saturated carbocycles. The largest absolute Gasteiger partial charge is 0.478 e. The van der Waals surface area contributed by atoms with E-state index in [4.69, 9.17) is 9.47 Å². The van der Waals surface area contributed by atoms with Crippen LogP contribution in [0.25, 0.3) is 11.1 Å². The monoisotopic (exact) mass is 416 g/mol. The molecule has 3 rings (SSSR count). The van der Waals surface area contributed by atoms with E-state index in [9.17, 15) is 9.90 Å². The molecule has 0 aliphatic rings. The fourth-order valence-electron chi connectivity index (χ4n) is 3.10. The average molecular weight is 417 g/mol. The van der Waals surface area contributed by atoms with E-state index in [0.717, 1.165) is 11.3 Å². The highest BCUT2D eigenvalue weighted by molar-refractivity contribution is 5.77. The van der Waals surface area contributed by atoms with Crippen molar-refractivity contribution in [1.29, 1.82) is 0 Å². The van der Waals surface area contributed by atoms with E-state index in [1.54, 1.807) is 38.1 Å². The summed E-state index contributed by atoms with van der Waals surface area (Å²) in [5.74, 6) is 1.03. The van der Waals surface area contributed by atoms with Gasteiger partial charge in [-0.3, -0.25) is 0 Å². The molecule has 0 amide bonds. The lowest BCUT2D eigenvalue weighted by atomic mass is 10.0. The molecule has 1 atom stereocenters. The van der Waals surface area contributed by atoms with Gasteiger partial charge in [0.15, 0.2) is 0 Å². The second-order valence-electron chi connectivity index (χ2n) is 7.56. The summed E-state index contributed by atoms with van der Waals surface area (Å²) < 4.78 is 11.7. The van der Waals surface area contributed by atoms with Crippen LogP contribution in [0.3, 0.4) is 0 Å². The van der Waals surface area contributed by atoms with Crippen LogP contribution in [0, 0.1) is 0 Å². The van der Waals surface area contributed by atoms with Crippen LogP contribution in [0.15, 0.2) is 90.7 Å². The Morgan fingerprint density at radius 1 is 0.903 bits per heavy atom. The molecular weight excluding hydrogens is 388 g/mol. The summed E-state index contributed by atoms with van der Waals surface area (Å²) in [6.07, 6.45) is 3.00. The molecule has 3 aromatic rings. The van der Waals surface area contributed by atoms with Crippen LogP contribution in [0.2, 0.25) is 0 Å². The number of carboxylic acid groups (broad SMARTS) is 1. The standard InChI is InChI=1S/C27H28O4/c1-4-23(19-20-11-13-22(14-12-20)21-9-7-6-8-10-21)30-24-15-17-25(18-16-24)31-27(3,5-2)26(28)29/h4,6-18H,5,19H2,1-3H3,(H,28,29). The Kier molecular flexibility index (Phi) is 7.14. The summed E-state index contributed by atoms with van der Waals surface area (Å²) in [7, 11) is 0. The number of hydrogen-bond acceptors (Lipinski definition) is 3. The van der Waals surface area contributed by atoms with E-state index in [2.05, 4.69) is 36.4 Å². The number of allylic oxidation sites excluding steroid dienone is 2. The minimum Gasteiger partial charge on any atom is -0.478 e. The summed E-state index contributed by atoms with van der Waals surface area (Å²) in [6, 6.07) is 25.8. The lowest BCUT2D eigenvalue weighted by molar-refractivity contribution is -0.154. The Morgan fingerprint density at radius 2 is 1.48 bits per heavy atom. The van der Waals surface area contributed by atoms with E-state index in [0.29, 0.717) is 24.3 Å². The van der Waals surface area contributed by atoms with Gasteiger partial charge in [0.25, 0.3) is 0 Å². The van der Waals surface area contributed by atoms with Gasteiger partial charge in [0.2, 0.25) is 5.60 Å². The predicted octanol–water partition coefficient (Wildman–Crippen LogP) is 6.51. The van der Waals surface area contributed by atoms with Crippen molar-refractivity contribution in [3.63, 3.8) is 0 Å². The minimum atomic E-state index is -1.25. The average Bonchev–Trinajstić information content (AvgIpc) is 2.80. The molecule has 0 heterocycles. The molecule has 0 aromatic heterocycles. The van der Waals surface area contributed by atoms with Crippen LogP contribution in [0.1, 0.15) is 32.8 Å². The maximum absolute atomic E-state index is 11.4. The molecule has 4 heteroatoms. The lowest BCUT2D eigenvalue weighted by Gasteiger charge is -2.24. The van der Waals surface area contributed by atoms with Crippen LogP contribution >= 0.6 is 0 Å². The fraction of sp³-hybridized carbons (Fsp3) is 0.222. The van der Waals surface area contributed by atoms with Gasteiger partial charge in [-0.2, -0.15) is 0 Å². The highest BCUT2D eigenvalue weighted by Gasteiger charge is 2.33. The van der Waals surface area contributed by atoms with Crippen LogP contribution in [0.4, 0.5) is 0 Å². The zero-order valence-electron chi connectivity index (χ0n) is 18.2. The number of carboxylic acids is 1. The Morgan fingerprint density at radius 3 is 2.03 bits per heavy atom. The minimum absolute atomic E-state index is 0.367. The van der Waals surface area contributed by atoms with Crippen molar-refractivity contribution < 1.29 is 19.4 Å². The Hall–Kier alpha value is -3.53. The van der Waals surface area contributed by atoms with Crippen LogP contribution < -0.4 is 9.47 Å².